The summed E-state index contributed by atoms with van der Waals surface area (Å²) in [5.74, 6) is 0.794. The van der Waals surface area contributed by atoms with Crippen molar-refractivity contribution in [3.05, 3.63) is 70.2 Å². The first-order chi connectivity index (χ1) is 10.3. The smallest absolute Gasteiger partial charge is 0.0577 e. The van der Waals surface area contributed by atoms with E-state index < -0.39 is 0 Å². The molecule has 0 spiro atoms. The average molecular weight is 300 g/mol. The van der Waals surface area contributed by atoms with Gasteiger partial charge in [0, 0.05) is 5.02 Å². The summed E-state index contributed by atoms with van der Waals surface area (Å²) in [6.07, 6.45) is 4.09. The summed E-state index contributed by atoms with van der Waals surface area (Å²) in [6, 6.07) is 17.5. The van der Waals surface area contributed by atoms with Crippen molar-refractivity contribution >= 4 is 11.6 Å². The molecule has 1 aliphatic rings. The number of hydrogen-bond donors (Lipinski definition) is 1. The summed E-state index contributed by atoms with van der Waals surface area (Å²) in [6.45, 7) is 3.07. The minimum atomic E-state index is 0.212. The van der Waals surface area contributed by atoms with Gasteiger partial charge in [-0.25, -0.2) is 0 Å². The molecule has 1 N–H and O–H groups in total. The SMILES string of the molecule is CCNC(c1ccc(C2CCC2)cc1)c1cccc(Cl)c1. The van der Waals surface area contributed by atoms with Crippen LogP contribution in [0.5, 0.6) is 0 Å². The standard InChI is InChI=1S/C19H22ClN/c1-2-21-19(17-7-4-8-18(20)13-17)16-11-9-15(10-12-16)14-5-3-6-14/h4,7-14,19,21H,2-3,5-6H2,1H3. The van der Waals surface area contributed by atoms with E-state index in [2.05, 4.69) is 48.6 Å². The number of hydrogen-bond acceptors (Lipinski definition) is 1. The van der Waals surface area contributed by atoms with E-state index in [1.54, 1.807) is 0 Å². The number of rotatable bonds is 5. The molecular formula is C19H22ClN. The van der Waals surface area contributed by atoms with Crippen LogP contribution in [-0.4, -0.2) is 6.54 Å². The van der Waals surface area contributed by atoms with Crippen LogP contribution in [0.15, 0.2) is 48.5 Å². The second-order valence-corrected chi connectivity index (χ2v) is 6.28. The van der Waals surface area contributed by atoms with E-state index in [1.165, 1.54) is 36.0 Å². The van der Waals surface area contributed by atoms with Crippen molar-refractivity contribution in [1.29, 1.82) is 0 Å². The minimum absolute atomic E-state index is 0.212. The largest absolute Gasteiger partial charge is 0.307 e. The van der Waals surface area contributed by atoms with Gasteiger partial charge in [0.15, 0.2) is 0 Å². The highest BCUT2D eigenvalue weighted by Gasteiger charge is 2.20. The Balaban J connectivity index is 1.86. The highest BCUT2D eigenvalue weighted by atomic mass is 35.5. The lowest BCUT2D eigenvalue weighted by Crippen LogP contribution is -2.22. The van der Waals surface area contributed by atoms with Gasteiger partial charge in [-0.05, 0) is 54.1 Å². The van der Waals surface area contributed by atoms with Gasteiger partial charge in [0.05, 0.1) is 6.04 Å². The van der Waals surface area contributed by atoms with Gasteiger partial charge in [-0.2, -0.15) is 0 Å². The zero-order valence-corrected chi connectivity index (χ0v) is 13.2. The van der Waals surface area contributed by atoms with Crippen LogP contribution >= 0.6 is 11.6 Å². The maximum atomic E-state index is 6.14. The third kappa shape index (κ3) is 3.30. The van der Waals surface area contributed by atoms with Crippen molar-refractivity contribution in [3.63, 3.8) is 0 Å². The van der Waals surface area contributed by atoms with Gasteiger partial charge >= 0.3 is 0 Å². The lowest BCUT2D eigenvalue weighted by atomic mass is 9.79. The van der Waals surface area contributed by atoms with Crippen LogP contribution in [0.2, 0.25) is 5.02 Å². The van der Waals surface area contributed by atoms with E-state index in [0.717, 1.165) is 17.5 Å². The Labute approximate surface area is 132 Å². The van der Waals surface area contributed by atoms with Crippen molar-refractivity contribution in [2.75, 3.05) is 6.54 Å². The van der Waals surface area contributed by atoms with Crippen LogP contribution in [0.3, 0.4) is 0 Å². The quantitative estimate of drug-likeness (QED) is 0.789. The molecule has 1 fully saturated rings. The van der Waals surface area contributed by atoms with E-state index in [0.29, 0.717) is 0 Å². The summed E-state index contributed by atoms with van der Waals surface area (Å²) >= 11 is 6.14. The monoisotopic (exact) mass is 299 g/mol. The Morgan fingerprint density at radius 1 is 1.10 bits per heavy atom. The van der Waals surface area contributed by atoms with Gasteiger partial charge in [-0.1, -0.05) is 61.3 Å². The number of nitrogens with one attached hydrogen (secondary N) is 1. The van der Waals surface area contributed by atoms with E-state index in [9.17, 15) is 0 Å². The van der Waals surface area contributed by atoms with Gasteiger partial charge in [0.2, 0.25) is 0 Å². The molecule has 0 saturated heterocycles. The third-order valence-electron chi connectivity index (χ3n) is 4.44. The summed E-state index contributed by atoms with van der Waals surface area (Å²) in [7, 11) is 0. The molecule has 0 amide bonds. The molecule has 0 heterocycles. The minimum Gasteiger partial charge on any atom is -0.307 e. The Morgan fingerprint density at radius 3 is 2.43 bits per heavy atom. The third-order valence-corrected chi connectivity index (χ3v) is 4.67. The Morgan fingerprint density at radius 2 is 1.86 bits per heavy atom. The highest BCUT2D eigenvalue weighted by molar-refractivity contribution is 6.30. The van der Waals surface area contributed by atoms with Crippen molar-refractivity contribution in [3.8, 4) is 0 Å². The molecule has 0 aliphatic heterocycles. The van der Waals surface area contributed by atoms with E-state index in [4.69, 9.17) is 11.6 Å². The predicted octanol–water partition coefficient (Wildman–Crippen LogP) is 5.31. The van der Waals surface area contributed by atoms with Crippen molar-refractivity contribution in [2.24, 2.45) is 0 Å². The van der Waals surface area contributed by atoms with E-state index in [1.807, 2.05) is 12.1 Å². The van der Waals surface area contributed by atoms with Crippen LogP contribution in [0.25, 0.3) is 0 Å². The predicted molar refractivity (Wildman–Crippen MR) is 90.0 cm³/mol. The zero-order chi connectivity index (χ0) is 14.7. The first kappa shape index (κ1) is 14.6. The molecule has 1 saturated carbocycles. The molecule has 1 atom stereocenters. The molecule has 2 aromatic rings. The normalized spacial score (nSPS) is 16.5. The van der Waals surface area contributed by atoms with Crippen LogP contribution < -0.4 is 5.32 Å². The molecule has 0 radical (unpaired) electrons. The fourth-order valence-electron chi connectivity index (χ4n) is 3.02. The number of benzene rings is 2. The molecule has 0 aromatic heterocycles. The Hall–Kier alpha value is -1.31. The average Bonchev–Trinajstić information content (AvgIpc) is 2.44. The summed E-state index contributed by atoms with van der Waals surface area (Å²) in [5, 5.41) is 4.35. The summed E-state index contributed by atoms with van der Waals surface area (Å²) < 4.78 is 0. The number of halogens is 1. The molecule has 1 unspecified atom stereocenters. The first-order valence-corrected chi connectivity index (χ1v) is 8.24. The maximum Gasteiger partial charge on any atom is 0.0577 e. The van der Waals surface area contributed by atoms with E-state index in [-0.39, 0.29) is 6.04 Å². The topological polar surface area (TPSA) is 12.0 Å². The zero-order valence-electron chi connectivity index (χ0n) is 12.5. The van der Waals surface area contributed by atoms with Crippen molar-refractivity contribution < 1.29 is 0 Å². The van der Waals surface area contributed by atoms with Crippen LogP contribution in [-0.2, 0) is 0 Å². The summed E-state index contributed by atoms with van der Waals surface area (Å²) in [5.41, 5.74) is 4.02. The molecule has 110 valence electrons. The molecule has 0 bridgehead atoms. The summed E-state index contributed by atoms with van der Waals surface area (Å²) in [4.78, 5) is 0. The van der Waals surface area contributed by atoms with Gasteiger partial charge in [0.1, 0.15) is 0 Å². The Bertz CT molecular complexity index is 587. The van der Waals surface area contributed by atoms with Crippen molar-refractivity contribution in [2.45, 2.75) is 38.1 Å². The highest BCUT2D eigenvalue weighted by Crippen LogP contribution is 2.36. The molecule has 1 nitrogen and oxygen atoms in total. The lowest BCUT2D eigenvalue weighted by molar-refractivity contribution is 0.419. The van der Waals surface area contributed by atoms with Crippen LogP contribution in [0, 0.1) is 0 Å². The molecule has 3 rings (SSSR count). The van der Waals surface area contributed by atoms with Gasteiger partial charge in [-0.15, -0.1) is 0 Å². The first-order valence-electron chi connectivity index (χ1n) is 7.86. The molecule has 2 heteroatoms. The molecule has 21 heavy (non-hydrogen) atoms. The lowest BCUT2D eigenvalue weighted by Gasteiger charge is -2.26. The van der Waals surface area contributed by atoms with Crippen LogP contribution in [0.4, 0.5) is 0 Å². The fraction of sp³-hybridized carbons (Fsp3) is 0.368. The van der Waals surface area contributed by atoms with Crippen molar-refractivity contribution in [1.82, 2.24) is 5.32 Å². The second kappa shape index (κ2) is 6.64. The van der Waals surface area contributed by atoms with Crippen LogP contribution in [0.1, 0.15) is 54.8 Å². The second-order valence-electron chi connectivity index (χ2n) is 5.84. The molecular weight excluding hydrogens is 278 g/mol. The van der Waals surface area contributed by atoms with Gasteiger partial charge in [0.25, 0.3) is 0 Å². The van der Waals surface area contributed by atoms with E-state index >= 15 is 0 Å². The molecule has 2 aromatic carbocycles. The maximum absolute atomic E-state index is 6.14. The molecule has 1 aliphatic carbocycles. The Kier molecular flexibility index (Phi) is 4.62. The van der Waals surface area contributed by atoms with Gasteiger partial charge < -0.3 is 5.32 Å². The fourth-order valence-corrected chi connectivity index (χ4v) is 3.22. The van der Waals surface area contributed by atoms with Gasteiger partial charge in [-0.3, -0.25) is 0 Å².